The van der Waals surface area contributed by atoms with Crippen LogP contribution < -0.4 is 5.32 Å². The minimum Gasteiger partial charge on any atom is -0.316 e. The molecule has 0 saturated carbocycles. The molecule has 0 amide bonds. The molecule has 1 rings (SSSR count). The first-order chi connectivity index (χ1) is 8.20. The first kappa shape index (κ1) is 14.5. The van der Waals surface area contributed by atoms with Crippen LogP contribution in [0, 0.1) is 0 Å². The third kappa shape index (κ3) is 4.28. The third-order valence-corrected chi connectivity index (χ3v) is 3.25. The number of aromatic nitrogens is 2. The van der Waals surface area contributed by atoms with Crippen molar-refractivity contribution in [1.29, 1.82) is 0 Å². The Labute approximate surface area is 112 Å². The first-order valence-corrected chi connectivity index (χ1v) is 7.09. The van der Waals surface area contributed by atoms with Gasteiger partial charge in [-0.1, -0.05) is 13.0 Å². The second-order valence-corrected chi connectivity index (χ2v) is 4.94. The lowest BCUT2D eigenvalue weighted by atomic mass is 10.2. The number of rotatable bonds is 7. The molecule has 0 aliphatic heterocycles. The number of aryl methyl sites for hydroxylation is 1. The Balaban J connectivity index is 2.58. The highest BCUT2D eigenvalue weighted by Crippen LogP contribution is 2.24. The summed E-state index contributed by atoms with van der Waals surface area (Å²) in [7, 11) is 0. The predicted octanol–water partition coefficient (Wildman–Crippen LogP) is 3.46. The highest BCUT2D eigenvalue weighted by atomic mass is 79.9. The molecule has 0 bridgehead atoms. The van der Waals surface area contributed by atoms with Gasteiger partial charge in [-0.05, 0) is 61.3 Å². The SMILES string of the molecule is CCCNCC/C=C(/C)c1c(Br)cnn1CC. The second kappa shape index (κ2) is 7.67. The fourth-order valence-electron chi connectivity index (χ4n) is 1.78. The highest BCUT2D eigenvalue weighted by Gasteiger charge is 2.08. The molecule has 1 N–H and O–H groups in total. The number of nitrogens with zero attached hydrogens (tertiary/aromatic N) is 2. The average molecular weight is 300 g/mol. The Bertz CT molecular complexity index is 369. The zero-order valence-corrected chi connectivity index (χ0v) is 12.5. The molecule has 0 fully saturated rings. The van der Waals surface area contributed by atoms with E-state index in [1.54, 1.807) is 0 Å². The number of nitrogens with one attached hydrogen (secondary N) is 1. The molecule has 1 aromatic rings. The van der Waals surface area contributed by atoms with Crippen LogP contribution in [0.1, 0.15) is 39.3 Å². The maximum Gasteiger partial charge on any atom is 0.0778 e. The summed E-state index contributed by atoms with van der Waals surface area (Å²) < 4.78 is 3.10. The Morgan fingerprint density at radius 1 is 1.47 bits per heavy atom. The summed E-state index contributed by atoms with van der Waals surface area (Å²) in [6, 6.07) is 0. The van der Waals surface area contributed by atoms with Gasteiger partial charge in [0, 0.05) is 6.54 Å². The van der Waals surface area contributed by atoms with Crippen molar-refractivity contribution in [2.75, 3.05) is 13.1 Å². The van der Waals surface area contributed by atoms with Crippen molar-refractivity contribution in [1.82, 2.24) is 15.1 Å². The molecule has 0 unspecified atom stereocenters. The number of halogens is 1. The Morgan fingerprint density at radius 3 is 2.88 bits per heavy atom. The van der Waals surface area contributed by atoms with E-state index in [0.29, 0.717) is 0 Å². The van der Waals surface area contributed by atoms with E-state index in [-0.39, 0.29) is 0 Å². The lowest BCUT2D eigenvalue weighted by Crippen LogP contribution is -2.15. The molecule has 0 aliphatic carbocycles. The van der Waals surface area contributed by atoms with Crippen LogP contribution in [0.5, 0.6) is 0 Å². The lowest BCUT2D eigenvalue weighted by molar-refractivity contribution is 0.649. The summed E-state index contributed by atoms with van der Waals surface area (Å²) in [5, 5.41) is 7.73. The predicted molar refractivity (Wildman–Crippen MR) is 77.0 cm³/mol. The van der Waals surface area contributed by atoms with Crippen LogP contribution in [-0.4, -0.2) is 22.9 Å². The van der Waals surface area contributed by atoms with Crippen LogP contribution in [0.4, 0.5) is 0 Å². The molecular formula is C13H22BrN3. The molecule has 1 aromatic heterocycles. The van der Waals surface area contributed by atoms with E-state index in [4.69, 9.17) is 0 Å². The van der Waals surface area contributed by atoms with E-state index in [9.17, 15) is 0 Å². The molecule has 4 heteroatoms. The summed E-state index contributed by atoms with van der Waals surface area (Å²) in [4.78, 5) is 0. The molecule has 0 saturated heterocycles. The Kier molecular flexibility index (Phi) is 6.52. The van der Waals surface area contributed by atoms with Crippen LogP contribution in [-0.2, 0) is 6.54 Å². The molecule has 0 radical (unpaired) electrons. The van der Waals surface area contributed by atoms with Crippen molar-refractivity contribution in [3.8, 4) is 0 Å². The standard InChI is InChI=1S/C13H22BrN3/c1-4-8-15-9-6-7-11(3)13-12(14)10-16-17(13)5-2/h7,10,15H,4-6,8-9H2,1-3H3/b11-7-. The maximum atomic E-state index is 4.33. The van der Waals surface area contributed by atoms with Gasteiger partial charge in [-0.25, -0.2) is 0 Å². The van der Waals surface area contributed by atoms with Crippen LogP contribution >= 0.6 is 15.9 Å². The van der Waals surface area contributed by atoms with Crippen molar-refractivity contribution in [2.24, 2.45) is 0 Å². The molecule has 96 valence electrons. The van der Waals surface area contributed by atoms with E-state index in [1.807, 2.05) is 10.9 Å². The molecule has 3 nitrogen and oxygen atoms in total. The minimum atomic E-state index is 0.903. The summed E-state index contributed by atoms with van der Waals surface area (Å²) in [5.41, 5.74) is 2.48. The van der Waals surface area contributed by atoms with Crippen molar-refractivity contribution in [3.05, 3.63) is 22.4 Å². The number of hydrogen-bond donors (Lipinski definition) is 1. The Morgan fingerprint density at radius 2 is 2.24 bits per heavy atom. The maximum absolute atomic E-state index is 4.33. The molecule has 1 heterocycles. The second-order valence-electron chi connectivity index (χ2n) is 4.08. The van der Waals surface area contributed by atoms with Gasteiger partial charge in [0.1, 0.15) is 0 Å². The van der Waals surface area contributed by atoms with E-state index in [1.165, 1.54) is 17.7 Å². The van der Waals surface area contributed by atoms with Gasteiger partial charge in [-0.15, -0.1) is 0 Å². The topological polar surface area (TPSA) is 29.9 Å². The van der Waals surface area contributed by atoms with Gasteiger partial charge in [-0.2, -0.15) is 5.10 Å². The van der Waals surface area contributed by atoms with E-state index < -0.39 is 0 Å². The van der Waals surface area contributed by atoms with Crippen LogP contribution in [0.25, 0.3) is 5.57 Å². The zero-order valence-electron chi connectivity index (χ0n) is 11.0. The normalized spacial score (nSPS) is 12.1. The first-order valence-electron chi connectivity index (χ1n) is 6.29. The minimum absolute atomic E-state index is 0.903. The summed E-state index contributed by atoms with van der Waals surface area (Å²) in [6.45, 7) is 9.49. The molecular weight excluding hydrogens is 278 g/mol. The van der Waals surface area contributed by atoms with E-state index in [0.717, 1.165) is 30.5 Å². The summed E-state index contributed by atoms with van der Waals surface area (Å²) >= 11 is 3.55. The quantitative estimate of drug-likeness (QED) is 0.782. The van der Waals surface area contributed by atoms with Crippen LogP contribution in [0.2, 0.25) is 0 Å². The van der Waals surface area contributed by atoms with Gasteiger partial charge in [0.25, 0.3) is 0 Å². The van der Waals surface area contributed by atoms with Gasteiger partial charge in [0.2, 0.25) is 0 Å². The third-order valence-electron chi connectivity index (χ3n) is 2.67. The van der Waals surface area contributed by atoms with Crippen LogP contribution in [0.15, 0.2) is 16.7 Å². The van der Waals surface area contributed by atoms with Gasteiger partial charge >= 0.3 is 0 Å². The van der Waals surface area contributed by atoms with Gasteiger partial charge in [-0.3, -0.25) is 4.68 Å². The van der Waals surface area contributed by atoms with Gasteiger partial charge < -0.3 is 5.32 Å². The molecule has 17 heavy (non-hydrogen) atoms. The Hall–Kier alpha value is -0.610. The van der Waals surface area contributed by atoms with E-state index >= 15 is 0 Å². The number of allylic oxidation sites excluding steroid dienone is 1. The fourth-order valence-corrected chi connectivity index (χ4v) is 2.39. The molecule has 0 aliphatic rings. The van der Waals surface area contributed by atoms with Crippen molar-refractivity contribution in [3.63, 3.8) is 0 Å². The summed E-state index contributed by atoms with van der Waals surface area (Å²) in [6.07, 6.45) is 6.39. The molecule has 0 aromatic carbocycles. The van der Waals surface area contributed by atoms with Crippen molar-refractivity contribution < 1.29 is 0 Å². The largest absolute Gasteiger partial charge is 0.316 e. The average Bonchev–Trinajstić information content (AvgIpc) is 2.70. The fraction of sp³-hybridized carbons (Fsp3) is 0.615. The monoisotopic (exact) mass is 299 g/mol. The molecule has 0 atom stereocenters. The van der Waals surface area contributed by atoms with Crippen LogP contribution in [0.3, 0.4) is 0 Å². The van der Waals surface area contributed by atoms with Gasteiger partial charge in [0.15, 0.2) is 0 Å². The van der Waals surface area contributed by atoms with E-state index in [2.05, 4.69) is 53.2 Å². The van der Waals surface area contributed by atoms with Gasteiger partial charge in [0.05, 0.1) is 16.4 Å². The molecule has 0 spiro atoms. The van der Waals surface area contributed by atoms with Crippen molar-refractivity contribution in [2.45, 2.75) is 40.2 Å². The zero-order chi connectivity index (χ0) is 12.7. The summed E-state index contributed by atoms with van der Waals surface area (Å²) in [5.74, 6) is 0. The highest BCUT2D eigenvalue weighted by molar-refractivity contribution is 9.10. The van der Waals surface area contributed by atoms with Crippen molar-refractivity contribution >= 4 is 21.5 Å². The number of hydrogen-bond acceptors (Lipinski definition) is 2. The smallest absolute Gasteiger partial charge is 0.0778 e. The lowest BCUT2D eigenvalue weighted by Gasteiger charge is -2.06.